The number of amides is 1. The van der Waals surface area contributed by atoms with Crippen LogP contribution < -0.4 is 4.74 Å². The van der Waals surface area contributed by atoms with Crippen molar-refractivity contribution in [2.75, 3.05) is 26.2 Å². The van der Waals surface area contributed by atoms with Crippen LogP contribution in [0.2, 0.25) is 0 Å². The molecule has 7 heteroatoms. The van der Waals surface area contributed by atoms with Gasteiger partial charge in [-0.2, -0.15) is 0 Å². The minimum absolute atomic E-state index is 0.0441. The first-order valence-electron chi connectivity index (χ1n) is 10.9. The van der Waals surface area contributed by atoms with E-state index in [9.17, 15) is 9.18 Å². The molecule has 0 aliphatic carbocycles. The van der Waals surface area contributed by atoms with Gasteiger partial charge in [-0.15, -0.1) is 0 Å². The standard InChI is InChI=1S/C25H28FN3O3/c1-17-23(19(3)32-27-17)16-31-24-10-5-4-9-22(24)25(30)29-13-11-28(12-14-29)18(2)20-7-6-8-21(26)15-20/h4-10,15,18H,11-14,16H2,1-3H3. The van der Waals surface area contributed by atoms with Gasteiger partial charge >= 0.3 is 0 Å². The van der Waals surface area contributed by atoms with Gasteiger partial charge in [0.1, 0.15) is 23.9 Å². The lowest BCUT2D eigenvalue weighted by atomic mass is 10.1. The first kappa shape index (κ1) is 22.0. The molecule has 1 aliphatic rings. The maximum atomic E-state index is 13.6. The smallest absolute Gasteiger partial charge is 0.257 e. The molecule has 1 atom stereocenters. The third-order valence-electron chi connectivity index (χ3n) is 6.15. The molecule has 1 amide bonds. The van der Waals surface area contributed by atoms with Crippen molar-refractivity contribution in [3.8, 4) is 5.75 Å². The minimum atomic E-state index is -0.226. The van der Waals surface area contributed by atoms with Gasteiger partial charge in [-0.25, -0.2) is 4.39 Å². The Morgan fingerprint density at radius 3 is 2.56 bits per heavy atom. The predicted octanol–water partition coefficient (Wildman–Crippen LogP) is 4.53. The van der Waals surface area contributed by atoms with Crippen molar-refractivity contribution in [1.82, 2.24) is 15.0 Å². The van der Waals surface area contributed by atoms with Crippen LogP contribution in [-0.4, -0.2) is 47.0 Å². The van der Waals surface area contributed by atoms with Crippen LogP contribution in [-0.2, 0) is 6.61 Å². The molecule has 0 N–H and O–H groups in total. The number of aromatic nitrogens is 1. The number of carbonyl (C=O) groups is 1. The van der Waals surface area contributed by atoms with E-state index in [1.165, 1.54) is 6.07 Å². The Morgan fingerprint density at radius 1 is 1.12 bits per heavy atom. The topological polar surface area (TPSA) is 58.8 Å². The fourth-order valence-electron chi connectivity index (χ4n) is 4.09. The Hall–Kier alpha value is -3.19. The Labute approximate surface area is 187 Å². The number of hydrogen-bond acceptors (Lipinski definition) is 5. The Balaban J connectivity index is 1.40. The number of para-hydroxylation sites is 1. The molecule has 3 aromatic rings. The van der Waals surface area contributed by atoms with Crippen LogP contribution in [0.4, 0.5) is 4.39 Å². The number of nitrogens with zero attached hydrogens (tertiary/aromatic N) is 3. The van der Waals surface area contributed by atoms with Gasteiger partial charge in [-0.1, -0.05) is 29.4 Å². The van der Waals surface area contributed by atoms with E-state index >= 15 is 0 Å². The molecule has 1 saturated heterocycles. The summed E-state index contributed by atoms with van der Waals surface area (Å²) in [5.74, 6) is 0.997. The van der Waals surface area contributed by atoms with Gasteiger partial charge in [0.15, 0.2) is 0 Å². The fraction of sp³-hybridized carbons (Fsp3) is 0.360. The van der Waals surface area contributed by atoms with E-state index in [0.717, 1.165) is 35.7 Å². The summed E-state index contributed by atoms with van der Waals surface area (Å²) in [5, 5.41) is 3.95. The second-order valence-electron chi connectivity index (χ2n) is 8.15. The predicted molar refractivity (Wildman–Crippen MR) is 119 cm³/mol. The highest BCUT2D eigenvalue weighted by Gasteiger charge is 2.27. The minimum Gasteiger partial charge on any atom is -0.488 e. The molecule has 2 aromatic carbocycles. The summed E-state index contributed by atoms with van der Waals surface area (Å²) in [6, 6.07) is 14.1. The Kier molecular flexibility index (Phi) is 6.55. The molecule has 0 bridgehead atoms. The van der Waals surface area contributed by atoms with E-state index in [4.69, 9.17) is 9.26 Å². The monoisotopic (exact) mass is 437 g/mol. The normalized spacial score (nSPS) is 15.6. The van der Waals surface area contributed by atoms with Gasteiger partial charge in [0.2, 0.25) is 0 Å². The summed E-state index contributed by atoms with van der Waals surface area (Å²) in [4.78, 5) is 17.4. The molecule has 0 spiro atoms. The number of rotatable bonds is 6. The summed E-state index contributed by atoms with van der Waals surface area (Å²) in [6.07, 6.45) is 0. The number of halogens is 1. The summed E-state index contributed by atoms with van der Waals surface area (Å²) in [5.41, 5.74) is 3.18. The van der Waals surface area contributed by atoms with E-state index in [1.54, 1.807) is 18.2 Å². The average molecular weight is 438 g/mol. The van der Waals surface area contributed by atoms with Crippen molar-refractivity contribution < 1.29 is 18.4 Å². The molecule has 1 fully saturated rings. The van der Waals surface area contributed by atoms with Gasteiger partial charge in [-0.05, 0) is 50.6 Å². The number of carbonyl (C=O) groups excluding carboxylic acids is 1. The van der Waals surface area contributed by atoms with E-state index in [2.05, 4.69) is 17.0 Å². The highest BCUT2D eigenvalue weighted by molar-refractivity contribution is 5.97. The molecule has 1 aromatic heterocycles. The Morgan fingerprint density at radius 2 is 1.88 bits per heavy atom. The maximum absolute atomic E-state index is 13.6. The van der Waals surface area contributed by atoms with Gasteiger partial charge in [0.25, 0.3) is 5.91 Å². The fourth-order valence-corrected chi connectivity index (χ4v) is 4.09. The molecule has 1 unspecified atom stereocenters. The molecule has 6 nitrogen and oxygen atoms in total. The van der Waals surface area contributed by atoms with Crippen molar-refractivity contribution in [2.45, 2.75) is 33.4 Å². The molecular weight excluding hydrogens is 409 g/mol. The maximum Gasteiger partial charge on any atom is 0.257 e. The van der Waals surface area contributed by atoms with Gasteiger partial charge < -0.3 is 14.2 Å². The van der Waals surface area contributed by atoms with Crippen LogP contribution in [0.15, 0.2) is 53.1 Å². The van der Waals surface area contributed by atoms with Crippen LogP contribution >= 0.6 is 0 Å². The highest BCUT2D eigenvalue weighted by Crippen LogP contribution is 2.26. The lowest BCUT2D eigenvalue weighted by Crippen LogP contribution is -2.49. The Bertz CT molecular complexity index is 1070. The van der Waals surface area contributed by atoms with E-state index < -0.39 is 0 Å². The van der Waals surface area contributed by atoms with Crippen molar-refractivity contribution in [3.05, 3.63) is 82.5 Å². The molecule has 0 saturated carbocycles. The van der Waals surface area contributed by atoms with Crippen molar-refractivity contribution in [2.24, 2.45) is 0 Å². The number of ether oxygens (including phenoxy) is 1. The summed E-state index contributed by atoms with van der Waals surface area (Å²) in [7, 11) is 0. The number of aryl methyl sites for hydroxylation is 2. The molecule has 4 rings (SSSR count). The highest BCUT2D eigenvalue weighted by atomic mass is 19.1. The molecule has 0 radical (unpaired) electrons. The SMILES string of the molecule is Cc1noc(C)c1COc1ccccc1C(=O)N1CCN(C(C)c2cccc(F)c2)CC1. The zero-order chi connectivity index (χ0) is 22.7. The van der Waals surface area contributed by atoms with E-state index in [1.807, 2.05) is 43.0 Å². The largest absolute Gasteiger partial charge is 0.488 e. The average Bonchev–Trinajstić information content (AvgIpc) is 3.14. The van der Waals surface area contributed by atoms with Gasteiger partial charge in [-0.3, -0.25) is 9.69 Å². The van der Waals surface area contributed by atoms with Crippen LogP contribution in [0, 0.1) is 19.7 Å². The number of benzene rings is 2. The number of hydrogen-bond donors (Lipinski definition) is 0. The second kappa shape index (κ2) is 9.53. The number of piperazine rings is 1. The van der Waals surface area contributed by atoms with Crippen molar-refractivity contribution >= 4 is 5.91 Å². The third kappa shape index (κ3) is 4.67. The third-order valence-corrected chi connectivity index (χ3v) is 6.15. The van der Waals surface area contributed by atoms with Crippen LogP contribution in [0.3, 0.4) is 0 Å². The molecule has 1 aliphatic heterocycles. The first-order valence-corrected chi connectivity index (χ1v) is 10.9. The summed E-state index contributed by atoms with van der Waals surface area (Å²) in [6.45, 7) is 8.76. The molecular formula is C25H28FN3O3. The van der Waals surface area contributed by atoms with E-state index in [-0.39, 0.29) is 17.8 Å². The van der Waals surface area contributed by atoms with Crippen molar-refractivity contribution in [3.63, 3.8) is 0 Å². The van der Waals surface area contributed by atoms with E-state index in [0.29, 0.717) is 31.0 Å². The molecule has 168 valence electrons. The second-order valence-corrected chi connectivity index (χ2v) is 8.15. The zero-order valence-electron chi connectivity index (χ0n) is 18.7. The van der Waals surface area contributed by atoms with Crippen LogP contribution in [0.1, 0.15) is 45.9 Å². The van der Waals surface area contributed by atoms with Crippen LogP contribution in [0.25, 0.3) is 0 Å². The first-order chi connectivity index (χ1) is 15.4. The van der Waals surface area contributed by atoms with Crippen molar-refractivity contribution in [1.29, 1.82) is 0 Å². The lowest BCUT2D eigenvalue weighted by molar-refractivity contribution is 0.0577. The molecule has 32 heavy (non-hydrogen) atoms. The quantitative estimate of drug-likeness (QED) is 0.567. The molecule has 2 heterocycles. The summed E-state index contributed by atoms with van der Waals surface area (Å²) < 4.78 is 24.8. The van der Waals surface area contributed by atoms with Crippen LogP contribution in [0.5, 0.6) is 5.75 Å². The zero-order valence-corrected chi connectivity index (χ0v) is 18.7. The van der Waals surface area contributed by atoms with Gasteiger partial charge in [0, 0.05) is 32.2 Å². The summed E-state index contributed by atoms with van der Waals surface area (Å²) >= 11 is 0. The lowest BCUT2D eigenvalue weighted by Gasteiger charge is -2.38. The van der Waals surface area contributed by atoms with Gasteiger partial charge in [0.05, 0.1) is 16.8 Å².